The van der Waals surface area contributed by atoms with Crippen LogP contribution in [0, 0.1) is 13.8 Å². The number of hydrazone groups is 1. The Labute approximate surface area is 250 Å². The van der Waals surface area contributed by atoms with Crippen LogP contribution < -0.4 is 15.1 Å². The lowest BCUT2D eigenvalue weighted by atomic mass is 10.1. The SMILES string of the molecule is COc1ccccc1N1CCN(Cc2ccc(C(=O)N/N=C\c3cc(C)n(-c4ccc(Cl)c(Cl)c4)c3C)cc2)CC1. The molecule has 1 aliphatic heterocycles. The standard InChI is InChI=1S/C32H33Cl2N5O2/c1-22-18-26(23(2)39(22)27-12-13-28(33)29(34)19-27)20-35-36-32(40)25-10-8-24(9-11-25)21-37-14-16-38(17-15-37)30-6-4-5-7-31(30)41-3/h4-13,18-20H,14-17,21H2,1-3H3,(H,36,40)/b35-20-. The summed E-state index contributed by atoms with van der Waals surface area (Å²) in [4.78, 5) is 17.5. The van der Waals surface area contributed by atoms with Crippen molar-refractivity contribution in [1.29, 1.82) is 0 Å². The van der Waals surface area contributed by atoms with Crippen LogP contribution in [0.3, 0.4) is 0 Å². The van der Waals surface area contributed by atoms with Crippen molar-refractivity contribution in [3.63, 3.8) is 0 Å². The van der Waals surface area contributed by atoms with Crippen molar-refractivity contribution in [2.45, 2.75) is 20.4 Å². The van der Waals surface area contributed by atoms with Crippen molar-refractivity contribution < 1.29 is 9.53 Å². The average Bonchev–Trinajstić information content (AvgIpc) is 3.27. The fraction of sp³-hybridized carbons (Fsp3) is 0.250. The molecule has 7 nitrogen and oxygen atoms in total. The number of halogens is 2. The van der Waals surface area contributed by atoms with E-state index in [9.17, 15) is 4.79 Å². The zero-order valence-corrected chi connectivity index (χ0v) is 24.9. The van der Waals surface area contributed by atoms with Gasteiger partial charge < -0.3 is 14.2 Å². The number of aromatic nitrogens is 1. The quantitative estimate of drug-likeness (QED) is 0.188. The van der Waals surface area contributed by atoms with Crippen molar-refractivity contribution in [2.75, 3.05) is 38.2 Å². The van der Waals surface area contributed by atoms with Crippen LogP contribution in [0.4, 0.5) is 5.69 Å². The van der Waals surface area contributed by atoms with Crippen LogP contribution in [-0.4, -0.2) is 54.9 Å². The van der Waals surface area contributed by atoms with E-state index >= 15 is 0 Å². The Morgan fingerprint density at radius 1 is 0.951 bits per heavy atom. The smallest absolute Gasteiger partial charge is 0.271 e. The van der Waals surface area contributed by atoms with Crippen LogP contribution in [0.25, 0.3) is 5.69 Å². The second-order valence-electron chi connectivity index (χ2n) is 10.1. The number of carbonyl (C=O) groups excluding carboxylic acids is 1. The molecule has 9 heteroatoms. The number of amides is 1. The molecule has 3 aromatic carbocycles. The summed E-state index contributed by atoms with van der Waals surface area (Å²) in [6.07, 6.45) is 1.66. The maximum Gasteiger partial charge on any atom is 0.271 e. The summed E-state index contributed by atoms with van der Waals surface area (Å²) >= 11 is 12.3. The number of nitrogens with one attached hydrogen (secondary N) is 1. The first-order chi connectivity index (χ1) is 19.8. The number of piperazine rings is 1. The summed E-state index contributed by atoms with van der Waals surface area (Å²) in [5.41, 5.74) is 9.33. The van der Waals surface area contributed by atoms with Gasteiger partial charge in [-0.3, -0.25) is 9.69 Å². The number of hydrogen-bond donors (Lipinski definition) is 1. The highest BCUT2D eigenvalue weighted by molar-refractivity contribution is 6.42. The van der Waals surface area contributed by atoms with Gasteiger partial charge >= 0.3 is 0 Å². The summed E-state index contributed by atoms with van der Waals surface area (Å²) in [6.45, 7) is 8.64. The largest absolute Gasteiger partial charge is 0.495 e. The van der Waals surface area contributed by atoms with Crippen LogP contribution in [0.1, 0.15) is 32.9 Å². The third-order valence-corrected chi connectivity index (χ3v) is 8.16. The van der Waals surface area contributed by atoms with Gasteiger partial charge in [0.05, 0.1) is 29.1 Å². The van der Waals surface area contributed by atoms with E-state index in [1.54, 1.807) is 19.4 Å². The maximum absolute atomic E-state index is 12.7. The van der Waals surface area contributed by atoms with Gasteiger partial charge in [0, 0.05) is 60.9 Å². The Morgan fingerprint density at radius 2 is 1.68 bits per heavy atom. The van der Waals surface area contributed by atoms with E-state index in [1.165, 1.54) is 5.56 Å². The zero-order chi connectivity index (χ0) is 28.9. The third kappa shape index (κ3) is 6.59. The lowest BCUT2D eigenvalue weighted by Crippen LogP contribution is -2.46. The van der Waals surface area contributed by atoms with Crippen molar-refractivity contribution in [1.82, 2.24) is 14.9 Å². The molecule has 1 fully saturated rings. The van der Waals surface area contributed by atoms with Crippen LogP contribution in [-0.2, 0) is 6.54 Å². The van der Waals surface area contributed by atoms with E-state index < -0.39 is 0 Å². The first-order valence-corrected chi connectivity index (χ1v) is 14.3. The van der Waals surface area contributed by atoms with Crippen LogP contribution >= 0.6 is 23.2 Å². The van der Waals surface area contributed by atoms with Crippen molar-refractivity contribution >= 4 is 41.0 Å². The minimum absolute atomic E-state index is 0.253. The predicted octanol–water partition coefficient (Wildman–Crippen LogP) is 6.50. The average molecular weight is 591 g/mol. The number of methoxy groups -OCH3 is 1. The molecule has 4 aromatic rings. The molecule has 0 aliphatic carbocycles. The molecule has 0 saturated carbocycles. The number of carbonyl (C=O) groups is 1. The van der Waals surface area contributed by atoms with Crippen molar-refractivity contribution in [3.8, 4) is 11.4 Å². The summed E-state index contributed by atoms with van der Waals surface area (Å²) in [6, 6.07) is 23.4. The highest BCUT2D eigenvalue weighted by Gasteiger charge is 2.20. The normalized spacial score (nSPS) is 14.0. The van der Waals surface area contributed by atoms with Gasteiger partial charge in [-0.1, -0.05) is 47.5 Å². The molecule has 0 bridgehead atoms. The monoisotopic (exact) mass is 589 g/mol. The summed E-state index contributed by atoms with van der Waals surface area (Å²) in [7, 11) is 1.71. The molecule has 1 aromatic heterocycles. The molecule has 41 heavy (non-hydrogen) atoms. The predicted molar refractivity (Wildman–Crippen MR) is 167 cm³/mol. The van der Waals surface area contributed by atoms with Gasteiger partial charge in [-0.25, -0.2) is 5.43 Å². The Balaban J connectivity index is 1.15. The van der Waals surface area contributed by atoms with Gasteiger partial charge in [-0.15, -0.1) is 0 Å². The molecule has 1 N–H and O–H groups in total. The highest BCUT2D eigenvalue weighted by atomic mass is 35.5. The molecule has 1 amide bonds. The molecule has 0 radical (unpaired) electrons. The Bertz CT molecular complexity index is 1560. The Kier molecular flexibility index (Phi) is 8.98. The molecular formula is C32H33Cl2N5O2. The number of aryl methyl sites for hydroxylation is 1. The molecule has 2 heterocycles. The van der Waals surface area contributed by atoms with Gasteiger partial charge in [0.25, 0.3) is 5.91 Å². The maximum atomic E-state index is 12.7. The number of benzene rings is 3. The number of nitrogens with zero attached hydrogens (tertiary/aromatic N) is 4. The van der Waals surface area contributed by atoms with Crippen LogP contribution in [0.15, 0.2) is 77.9 Å². The lowest BCUT2D eigenvalue weighted by Gasteiger charge is -2.36. The van der Waals surface area contributed by atoms with E-state index in [2.05, 4.69) is 31.0 Å². The molecule has 1 saturated heterocycles. The van der Waals surface area contributed by atoms with Gasteiger partial charge in [-0.2, -0.15) is 5.10 Å². The van der Waals surface area contributed by atoms with E-state index in [-0.39, 0.29) is 5.91 Å². The fourth-order valence-electron chi connectivity index (χ4n) is 5.22. The van der Waals surface area contributed by atoms with E-state index in [0.29, 0.717) is 15.6 Å². The van der Waals surface area contributed by atoms with Gasteiger partial charge in [0.15, 0.2) is 0 Å². The van der Waals surface area contributed by atoms with Gasteiger partial charge in [-0.05, 0) is 67.9 Å². The second kappa shape index (κ2) is 12.8. The molecule has 0 unspecified atom stereocenters. The first-order valence-electron chi connectivity index (χ1n) is 13.5. The minimum atomic E-state index is -0.253. The van der Waals surface area contributed by atoms with Crippen LogP contribution in [0.2, 0.25) is 10.0 Å². The zero-order valence-electron chi connectivity index (χ0n) is 23.4. The van der Waals surface area contributed by atoms with Crippen molar-refractivity contribution in [3.05, 3.63) is 111 Å². The minimum Gasteiger partial charge on any atom is -0.495 e. The molecule has 0 atom stereocenters. The molecule has 1 aliphatic rings. The Morgan fingerprint density at radius 3 is 2.39 bits per heavy atom. The number of ether oxygens (including phenoxy) is 1. The van der Waals surface area contributed by atoms with E-state index in [1.807, 2.05) is 74.5 Å². The third-order valence-electron chi connectivity index (χ3n) is 7.42. The number of hydrogen-bond acceptors (Lipinski definition) is 5. The van der Waals surface area contributed by atoms with E-state index in [0.717, 1.165) is 66.8 Å². The van der Waals surface area contributed by atoms with E-state index in [4.69, 9.17) is 27.9 Å². The topological polar surface area (TPSA) is 62.1 Å². The molecule has 0 spiro atoms. The van der Waals surface area contributed by atoms with Crippen molar-refractivity contribution in [2.24, 2.45) is 5.10 Å². The summed E-state index contributed by atoms with van der Waals surface area (Å²) in [5, 5.41) is 5.22. The molecule has 5 rings (SSSR count). The molecular weight excluding hydrogens is 557 g/mol. The fourth-order valence-corrected chi connectivity index (χ4v) is 5.51. The lowest BCUT2D eigenvalue weighted by molar-refractivity contribution is 0.0955. The number of rotatable bonds is 8. The summed E-state index contributed by atoms with van der Waals surface area (Å²) in [5.74, 6) is 0.655. The summed E-state index contributed by atoms with van der Waals surface area (Å²) < 4.78 is 7.60. The van der Waals surface area contributed by atoms with Crippen LogP contribution in [0.5, 0.6) is 5.75 Å². The van der Waals surface area contributed by atoms with Gasteiger partial charge in [0.1, 0.15) is 5.75 Å². The first kappa shape index (κ1) is 28.7. The number of anilines is 1. The molecule has 212 valence electrons. The Hall–Kier alpha value is -3.78. The highest BCUT2D eigenvalue weighted by Crippen LogP contribution is 2.29. The second-order valence-corrected chi connectivity index (χ2v) is 10.9. The number of para-hydroxylation sites is 2. The van der Waals surface area contributed by atoms with Gasteiger partial charge in [0.2, 0.25) is 0 Å².